The molecule has 1 unspecified atom stereocenters. The van der Waals surface area contributed by atoms with Crippen molar-refractivity contribution in [1.82, 2.24) is 4.57 Å². The number of nitrogens with zero attached hydrogens (tertiary/aromatic N) is 1. The first-order chi connectivity index (χ1) is 7.75. The maximum atomic E-state index is 11.2. The fourth-order valence-corrected chi connectivity index (χ4v) is 2.00. The topological polar surface area (TPSA) is 34.0 Å². The van der Waals surface area contributed by atoms with Crippen LogP contribution in [0.25, 0.3) is 0 Å². The van der Waals surface area contributed by atoms with E-state index in [9.17, 15) is 4.79 Å². The zero-order valence-electron chi connectivity index (χ0n) is 9.65. The molecule has 0 saturated carbocycles. The number of allylic oxidation sites excluding steroid dienone is 2. The number of hydrogen-bond donors (Lipinski definition) is 1. The van der Waals surface area contributed by atoms with E-state index in [2.05, 4.69) is 17.5 Å². The molecule has 0 bridgehead atoms. The van der Waals surface area contributed by atoms with Crippen LogP contribution in [0.3, 0.4) is 0 Å². The van der Waals surface area contributed by atoms with E-state index in [-0.39, 0.29) is 5.56 Å². The molecule has 0 spiro atoms. The van der Waals surface area contributed by atoms with E-state index in [1.807, 2.05) is 12.3 Å². The van der Waals surface area contributed by atoms with E-state index in [0.29, 0.717) is 0 Å². The molecule has 0 radical (unpaired) electrons. The molecule has 16 heavy (non-hydrogen) atoms. The number of hydrogen-bond acceptors (Lipinski definition) is 2. The minimum absolute atomic E-state index is 0.0335. The highest BCUT2D eigenvalue weighted by Crippen LogP contribution is 2.18. The van der Waals surface area contributed by atoms with Gasteiger partial charge in [0.15, 0.2) is 0 Å². The van der Waals surface area contributed by atoms with Gasteiger partial charge in [-0.15, -0.1) is 0 Å². The average molecular weight is 218 g/mol. The van der Waals surface area contributed by atoms with Crippen molar-refractivity contribution in [3.63, 3.8) is 0 Å². The first kappa shape index (κ1) is 11.0. The summed E-state index contributed by atoms with van der Waals surface area (Å²) in [5.74, 6) is 0.724. The molecule has 1 N–H and O–H groups in total. The minimum Gasteiger partial charge on any atom is -0.384 e. The van der Waals surface area contributed by atoms with Crippen molar-refractivity contribution < 1.29 is 0 Å². The number of aryl methyl sites for hydroxylation is 1. The van der Waals surface area contributed by atoms with E-state index in [1.54, 1.807) is 17.7 Å². The van der Waals surface area contributed by atoms with Crippen LogP contribution >= 0.6 is 0 Å². The fraction of sp³-hybridized carbons (Fsp3) is 0.462. The molecular weight excluding hydrogens is 200 g/mol. The van der Waals surface area contributed by atoms with E-state index < -0.39 is 0 Å². The van der Waals surface area contributed by atoms with E-state index >= 15 is 0 Å². The van der Waals surface area contributed by atoms with Gasteiger partial charge in [-0.3, -0.25) is 4.79 Å². The second-order valence-electron chi connectivity index (χ2n) is 4.40. The summed E-state index contributed by atoms with van der Waals surface area (Å²) in [5.41, 5.74) is 1.06. The third-order valence-corrected chi connectivity index (χ3v) is 3.06. The largest absolute Gasteiger partial charge is 0.384 e. The van der Waals surface area contributed by atoms with Crippen molar-refractivity contribution in [2.45, 2.75) is 19.3 Å². The van der Waals surface area contributed by atoms with Gasteiger partial charge in [0.1, 0.15) is 0 Å². The van der Waals surface area contributed by atoms with E-state index in [1.165, 1.54) is 19.3 Å². The monoisotopic (exact) mass is 218 g/mol. The Balaban J connectivity index is 1.91. The van der Waals surface area contributed by atoms with Crippen LogP contribution in [-0.4, -0.2) is 11.1 Å². The molecule has 0 amide bonds. The minimum atomic E-state index is 0.0335. The Morgan fingerprint density at radius 2 is 2.31 bits per heavy atom. The van der Waals surface area contributed by atoms with Crippen LogP contribution in [0.1, 0.15) is 19.3 Å². The summed E-state index contributed by atoms with van der Waals surface area (Å²) in [7, 11) is 1.77. The van der Waals surface area contributed by atoms with Gasteiger partial charge < -0.3 is 9.88 Å². The molecule has 1 atom stereocenters. The fourth-order valence-electron chi connectivity index (χ4n) is 2.00. The quantitative estimate of drug-likeness (QED) is 0.789. The first-order valence-corrected chi connectivity index (χ1v) is 5.81. The molecule has 1 aliphatic rings. The van der Waals surface area contributed by atoms with Crippen LogP contribution in [0.15, 0.2) is 35.3 Å². The van der Waals surface area contributed by atoms with Crippen LogP contribution in [-0.2, 0) is 7.05 Å². The molecule has 86 valence electrons. The second-order valence-corrected chi connectivity index (χ2v) is 4.40. The molecule has 0 aromatic carbocycles. The van der Waals surface area contributed by atoms with Gasteiger partial charge in [-0.05, 0) is 31.2 Å². The molecule has 1 aromatic rings. The van der Waals surface area contributed by atoms with Crippen molar-refractivity contribution in [3.8, 4) is 0 Å². The number of anilines is 1. The Bertz CT molecular complexity index is 434. The number of pyridine rings is 1. The van der Waals surface area contributed by atoms with Gasteiger partial charge in [-0.2, -0.15) is 0 Å². The molecule has 0 fully saturated rings. The predicted molar refractivity (Wildman–Crippen MR) is 66.7 cm³/mol. The summed E-state index contributed by atoms with van der Waals surface area (Å²) >= 11 is 0. The summed E-state index contributed by atoms with van der Waals surface area (Å²) in [6, 6.07) is 3.45. The maximum Gasteiger partial charge on any atom is 0.250 e. The molecule has 3 heteroatoms. The van der Waals surface area contributed by atoms with Crippen molar-refractivity contribution >= 4 is 5.69 Å². The average Bonchev–Trinajstić information content (AvgIpc) is 2.32. The highest BCUT2D eigenvalue weighted by molar-refractivity contribution is 5.40. The van der Waals surface area contributed by atoms with Gasteiger partial charge in [0.25, 0.3) is 0 Å². The highest BCUT2D eigenvalue weighted by atomic mass is 16.1. The molecular formula is C13H18N2O. The van der Waals surface area contributed by atoms with Gasteiger partial charge in [0.2, 0.25) is 5.56 Å². The standard InChI is InChI=1S/C13H18N2O/c1-15-10-12(7-8-13(15)16)14-9-11-5-3-2-4-6-11/h2-3,7-8,10-11,14H,4-6,9H2,1H3. The zero-order chi connectivity index (χ0) is 11.4. The van der Waals surface area contributed by atoms with Crippen LogP contribution < -0.4 is 10.9 Å². The number of aromatic nitrogens is 1. The van der Waals surface area contributed by atoms with Gasteiger partial charge in [-0.25, -0.2) is 0 Å². The Hall–Kier alpha value is -1.51. The van der Waals surface area contributed by atoms with Crippen LogP contribution in [0.4, 0.5) is 5.69 Å². The Kier molecular flexibility index (Phi) is 3.44. The molecule has 0 aliphatic heterocycles. The van der Waals surface area contributed by atoms with Crippen LogP contribution in [0.2, 0.25) is 0 Å². The molecule has 2 rings (SSSR count). The Morgan fingerprint density at radius 3 is 3.00 bits per heavy atom. The lowest BCUT2D eigenvalue weighted by Crippen LogP contribution is -2.18. The van der Waals surface area contributed by atoms with Gasteiger partial charge >= 0.3 is 0 Å². The van der Waals surface area contributed by atoms with Crippen molar-refractivity contribution in [1.29, 1.82) is 0 Å². The smallest absolute Gasteiger partial charge is 0.250 e. The molecule has 1 heterocycles. The van der Waals surface area contributed by atoms with Crippen LogP contribution in [0.5, 0.6) is 0 Å². The Labute approximate surface area is 95.8 Å². The lowest BCUT2D eigenvalue weighted by molar-refractivity contribution is 0.504. The van der Waals surface area contributed by atoms with Gasteiger partial charge in [-0.1, -0.05) is 12.2 Å². The van der Waals surface area contributed by atoms with Crippen molar-refractivity contribution in [2.75, 3.05) is 11.9 Å². The third kappa shape index (κ3) is 2.75. The van der Waals surface area contributed by atoms with Crippen molar-refractivity contribution in [2.24, 2.45) is 13.0 Å². The molecule has 1 aromatic heterocycles. The zero-order valence-corrected chi connectivity index (χ0v) is 9.65. The second kappa shape index (κ2) is 5.01. The lowest BCUT2D eigenvalue weighted by atomic mass is 9.94. The van der Waals surface area contributed by atoms with Gasteiger partial charge in [0.05, 0.1) is 5.69 Å². The summed E-state index contributed by atoms with van der Waals surface area (Å²) in [6.07, 6.45) is 9.98. The highest BCUT2D eigenvalue weighted by Gasteiger charge is 2.09. The van der Waals surface area contributed by atoms with Crippen LogP contribution in [0, 0.1) is 5.92 Å². The number of nitrogens with one attached hydrogen (secondary N) is 1. The van der Waals surface area contributed by atoms with E-state index in [4.69, 9.17) is 0 Å². The summed E-state index contributed by atoms with van der Waals surface area (Å²) in [4.78, 5) is 11.2. The van der Waals surface area contributed by atoms with E-state index in [0.717, 1.165) is 18.2 Å². The predicted octanol–water partition coefficient (Wildman–Crippen LogP) is 2.15. The normalized spacial score (nSPS) is 19.7. The molecule has 3 nitrogen and oxygen atoms in total. The van der Waals surface area contributed by atoms with Gasteiger partial charge in [0, 0.05) is 25.9 Å². The third-order valence-electron chi connectivity index (χ3n) is 3.06. The molecule has 1 aliphatic carbocycles. The lowest BCUT2D eigenvalue weighted by Gasteiger charge is -2.18. The number of rotatable bonds is 3. The van der Waals surface area contributed by atoms with Crippen molar-refractivity contribution in [3.05, 3.63) is 40.8 Å². The summed E-state index contributed by atoms with van der Waals surface area (Å²) in [5, 5.41) is 3.39. The Morgan fingerprint density at radius 1 is 1.44 bits per heavy atom. The molecule has 0 saturated heterocycles. The summed E-state index contributed by atoms with van der Waals surface area (Å²) < 4.78 is 1.60. The first-order valence-electron chi connectivity index (χ1n) is 5.81. The maximum absolute atomic E-state index is 11.2. The summed E-state index contributed by atoms with van der Waals surface area (Å²) in [6.45, 7) is 0.989. The SMILES string of the molecule is Cn1cc(NCC2CC=CCC2)ccc1=O.